The second kappa shape index (κ2) is 6.40. The molecule has 1 aromatic heterocycles. The van der Waals surface area contributed by atoms with E-state index in [1.165, 1.54) is 0 Å². The molecule has 4 heteroatoms. The molecule has 0 fully saturated rings. The fraction of sp³-hybridized carbons (Fsp3) is 0.300. The van der Waals surface area contributed by atoms with Crippen molar-refractivity contribution >= 4 is 12.4 Å². The SMILES string of the molecule is C=CC[C@@H](N)c1ccc(OC)nc1.Cl. The molecule has 0 aliphatic rings. The van der Waals surface area contributed by atoms with Gasteiger partial charge in [0.05, 0.1) is 7.11 Å². The number of nitrogens with two attached hydrogens (primary N) is 1. The van der Waals surface area contributed by atoms with E-state index in [0.717, 1.165) is 12.0 Å². The molecule has 0 aliphatic carbocycles. The van der Waals surface area contributed by atoms with Crippen LogP contribution in [0.1, 0.15) is 18.0 Å². The zero-order valence-corrected chi connectivity index (χ0v) is 8.96. The third-order valence-corrected chi connectivity index (χ3v) is 1.82. The number of nitrogens with zero attached hydrogens (tertiary/aromatic N) is 1. The van der Waals surface area contributed by atoms with Gasteiger partial charge in [-0.05, 0) is 12.0 Å². The molecule has 0 aliphatic heterocycles. The Morgan fingerprint density at radius 1 is 1.64 bits per heavy atom. The van der Waals surface area contributed by atoms with E-state index in [1.54, 1.807) is 25.4 Å². The second-order valence-corrected chi connectivity index (χ2v) is 2.76. The second-order valence-electron chi connectivity index (χ2n) is 2.76. The van der Waals surface area contributed by atoms with Crippen molar-refractivity contribution in [1.82, 2.24) is 4.98 Å². The van der Waals surface area contributed by atoms with Gasteiger partial charge in [-0.3, -0.25) is 0 Å². The van der Waals surface area contributed by atoms with Gasteiger partial charge in [0.1, 0.15) is 0 Å². The van der Waals surface area contributed by atoms with Gasteiger partial charge in [0, 0.05) is 18.3 Å². The molecule has 78 valence electrons. The van der Waals surface area contributed by atoms with E-state index in [0.29, 0.717) is 5.88 Å². The van der Waals surface area contributed by atoms with Gasteiger partial charge >= 0.3 is 0 Å². The highest BCUT2D eigenvalue weighted by Gasteiger charge is 2.03. The van der Waals surface area contributed by atoms with E-state index < -0.39 is 0 Å². The summed E-state index contributed by atoms with van der Waals surface area (Å²) in [6.07, 6.45) is 4.29. The summed E-state index contributed by atoms with van der Waals surface area (Å²) in [5.41, 5.74) is 6.85. The van der Waals surface area contributed by atoms with Gasteiger partial charge in [-0.25, -0.2) is 4.98 Å². The normalized spacial score (nSPS) is 11.3. The first-order valence-electron chi connectivity index (χ1n) is 4.14. The number of methoxy groups -OCH3 is 1. The van der Waals surface area contributed by atoms with Gasteiger partial charge in [-0.15, -0.1) is 19.0 Å². The largest absolute Gasteiger partial charge is 0.481 e. The summed E-state index contributed by atoms with van der Waals surface area (Å²) in [4.78, 5) is 4.06. The highest BCUT2D eigenvalue weighted by molar-refractivity contribution is 5.85. The molecular formula is C10H15ClN2O. The van der Waals surface area contributed by atoms with Crippen molar-refractivity contribution in [3.05, 3.63) is 36.5 Å². The van der Waals surface area contributed by atoms with Gasteiger partial charge in [-0.1, -0.05) is 12.1 Å². The quantitative estimate of drug-likeness (QED) is 0.781. The van der Waals surface area contributed by atoms with Crippen molar-refractivity contribution < 1.29 is 4.74 Å². The number of halogens is 1. The van der Waals surface area contributed by atoms with Crippen LogP contribution in [-0.4, -0.2) is 12.1 Å². The Morgan fingerprint density at radius 2 is 2.36 bits per heavy atom. The molecular weight excluding hydrogens is 200 g/mol. The third-order valence-electron chi connectivity index (χ3n) is 1.82. The molecule has 1 rings (SSSR count). The first-order valence-corrected chi connectivity index (χ1v) is 4.14. The lowest BCUT2D eigenvalue weighted by Gasteiger charge is -2.08. The average molecular weight is 215 g/mol. The van der Waals surface area contributed by atoms with Crippen molar-refractivity contribution in [3.63, 3.8) is 0 Å². The van der Waals surface area contributed by atoms with Gasteiger partial charge in [0.25, 0.3) is 0 Å². The number of aromatic nitrogens is 1. The van der Waals surface area contributed by atoms with Gasteiger partial charge in [0.15, 0.2) is 0 Å². The van der Waals surface area contributed by atoms with Gasteiger partial charge < -0.3 is 10.5 Å². The van der Waals surface area contributed by atoms with Crippen LogP contribution in [0.3, 0.4) is 0 Å². The lowest BCUT2D eigenvalue weighted by atomic mass is 10.1. The highest BCUT2D eigenvalue weighted by Crippen LogP contribution is 2.15. The van der Waals surface area contributed by atoms with Crippen LogP contribution in [0.25, 0.3) is 0 Å². The van der Waals surface area contributed by atoms with Crippen molar-refractivity contribution in [1.29, 1.82) is 0 Å². The number of pyridine rings is 1. The number of hydrogen-bond acceptors (Lipinski definition) is 3. The lowest BCUT2D eigenvalue weighted by Crippen LogP contribution is -2.09. The smallest absolute Gasteiger partial charge is 0.212 e. The van der Waals surface area contributed by atoms with Crippen molar-refractivity contribution in [2.24, 2.45) is 5.73 Å². The molecule has 0 saturated carbocycles. The predicted octanol–water partition coefficient (Wildman–Crippen LogP) is 2.09. The Bertz CT molecular complexity index is 274. The Balaban J connectivity index is 0.00000169. The van der Waals surface area contributed by atoms with E-state index >= 15 is 0 Å². The van der Waals surface area contributed by atoms with Gasteiger partial charge in [-0.2, -0.15) is 0 Å². The van der Waals surface area contributed by atoms with Crippen molar-refractivity contribution in [2.45, 2.75) is 12.5 Å². The maximum atomic E-state index is 5.84. The van der Waals surface area contributed by atoms with Crippen LogP contribution in [0.15, 0.2) is 31.0 Å². The van der Waals surface area contributed by atoms with Crippen LogP contribution in [0.5, 0.6) is 5.88 Å². The van der Waals surface area contributed by atoms with Crippen LogP contribution in [0.2, 0.25) is 0 Å². The molecule has 0 saturated heterocycles. The third kappa shape index (κ3) is 3.36. The van der Waals surface area contributed by atoms with Crippen molar-refractivity contribution in [2.75, 3.05) is 7.11 Å². The molecule has 0 aromatic carbocycles. The van der Waals surface area contributed by atoms with Crippen LogP contribution >= 0.6 is 12.4 Å². The zero-order valence-electron chi connectivity index (χ0n) is 8.14. The van der Waals surface area contributed by atoms with Gasteiger partial charge in [0.2, 0.25) is 5.88 Å². The summed E-state index contributed by atoms with van der Waals surface area (Å²) in [6.45, 7) is 3.63. The molecule has 1 aromatic rings. The standard InChI is InChI=1S/C10H14N2O.ClH/c1-3-4-9(11)8-5-6-10(13-2)12-7-8;/h3,5-7,9H,1,4,11H2,2H3;1H/t9-;/m1./s1. The molecule has 14 heavy (non-hydrogen) atoms. The van der Waals surface area contributed by atoms with Crippen LogP contribution in [0.4, 0.5) is 0 Å². The van der Waals surface area contributed by atoms with E-state index in [9.17, 15) is 0 Å². The maximum absolute atomic E-state index is 5.84. The minimum atomic E-state index is -0.0177. The number of rotatable bonds is 4. The zero-order chi connectivity index (χ0) is 9.68. The minimum absolute atomic E-state index is 0. The summed E-state index contributed by atoms with van der Waals surface area (Å²) >= 11 is 0. The van der Waals surface area contributed by atoms with Crippen molar-refractivity contribution in [3.8, 4) is 5.88 Å². The van der Waals surface area contributed by atoms with E-state index in [4.69, 9.17) is 10.5 Å². The average Bonchev–Trinajstić information content (AvgIpc) is 2.18. The van der Waals surface area contributed by atoms with E-state index in [2.05, 4.69) is 11.6 Å². The lowest BCUT2D eigenvalue weighted by molar-refractivity contribution is 0.397. The Morgan fingerprint density at radius 3 is 2.79 bits per heavy atom. The summed E-state index contributed by atoms with van der Waals surface area (Å²) in [5, 5.41) is 0. The molecule has 0 bridgehead atoms. The molecule has 0 amide bonds. The topological polar surface area (TPSA) is 48.1 Å². The fourth-order valence-corrected chi connectivity index (χ4v) is 1.05. The molecule has 2 N–H and O–H groups in total. The van der Waals surface area contributed by atoms with E-state index in [1.807, 2.05) is 6.07 Å². The Hall–Kier alpha value is -1.06. The summed E-state index contributed by atoms with van der Waals surface area (Å²) in [6, 6.07) is 3.70. The van der Waals surface area contributed by atoms with Crippen LogP contribution < -0.4 is 10.5 Å². The van der Waals surface area contributed by atoms with Crippen LogP contribution in [-0.2, 0) is 0 Å². The van der Waals surface area contributed by atoms with E-state index in [-0.39, 0.29) is 18.4 Å². The molecule has 0 spiro atoms. The Labute approximate surface area is 90.4 Å². The summed E-state index contributed by atoms with van der Waals surface area (Å²) in [5.74, 6) is 0.606. The number of hydrogen-bond donors (Lipinski definition) is 1. The predicted molar refractivity (Wildman–Crippen MR) is 59.8 cm³/mol. The molecule has 0 unspecified atom stereocenters. The highest BCUT2D eigenvalue weighted by atomic mass is 35.5. The minimum Gasteiger partial charge on any atom is -0.481 e. The molecule has 1 heterocycles. The maximum Gasteiger partial charge on any atom is 0.212 e. The first kappa shape index (κ1) is 12.9. The summed E-state index contributed by atoms with van der Waals surface area (Å²) < 4.78 is 4.94. The number of ether oxygens (including phenoxy) is 1. The summed E-state index contributed by atoms with van der Waals surface area (Å²) in [7, 11) is 1.59. The molecule has 1 atom stereocenters. The fourth-order valence-electron chi connectivity index (χ4n) is 1.05. The molecule has 3 nitrogen and oxygen atoms in total. The monoisotopic (exact) mass is 214 g/mol. The van der Waals surface area contributed by atoms with Crippen LogP contribution in [0, 0.1) is 0 Å². The first-order chi connectivity index (χ1) is 6.27. The molecule has 0 radical (unpaired) electrons. The Kier molecular flexibility index (Phi) is 5.92.